The Labute approximate surface area is 78.7 Å². The second kappa shape index (κ2) is 6.97. The van der Waals surface area contributed by atoms with Crippen LogP contribution >= 0.6 is 42.2 Å². The molecule has 0 saturated heterocycles. The molecule has 0 atom stereocenters. The van der Waals surface area contributed by atoms with E-state index < -0.39 is 8.67 Å². The summed E-state index contributed by atoms with van der Waals surface area (Å²) in [7, 11) is -0.701. The number of rotatable bonds is 0. The molecule has 0 N–H and O–H groups in total. The molecule has 0 fully saturated rings. The van der Waals surface area contributed by atoms with Crippen LogP contribution in [0.3, 0.4) is 0 Å². The van der Waals surface area contributed by atoms with Gasteiger partial charge in [0.05, 0.1) is 0 Å². The van der Waals surface area contributed by atoms with Gasteiger partial charge in [-0.05, 0) is 0 Å². The average molecular weight is 290 g/mol. The fourth-order valence-electron chi connectivity index (χ4n) is 0. The van der Waals surface area contributed by atoms with Crippen LogP contribution in [0.1, 0.15) is 0 Å². The third-order valence-electron chi connectivity index (χ3n) is 0. The van der Waals surface area contributed by atoms with Crippen molar-refractivity contribution in [2.45, 2.75) is 0 Å². The fraction of sp³-hybridized carbons (Fsp3) is 0. The van der Waals surface area contributed by atoms with Gasteiger partial charge in [0.25, 0.3) is 0 Å². The van der Waals surface area contributed by atoms with E-state index in [4.69, 9.17) is 0 Å². The van der Waals surface area contributed by atoms with Gasteiger partial charge < -0.3 is 0 Å². The standard InChI is InChI=1S/Al.3BrH.Na/h;3*1H;/q+3;;;;/p-3. The van der Waals surface area contributed by atoms with E-state index in [0.29, 0.717) is 0 Å². The fourth-order valence-corrected chi connectivity index (χ4v) is 0. The molecular formula is AlBr3Na. The van der Waals surface area contributed by atoms with Gasteiger partial charge in [-0.3, -0.25) is 0 Å². The molecule has 5 heavy (non-hydrogen) atoms. The van der Waals surface area contributed by atoms with Crippen molar-refractivity contribution in [3.05, 3.63) is 0 Å². The Balaban J connectivity index is 0. The van der Waals surface area contributed by atoms with Crippen molar-refractivity contribution in [3.8, 4) is 0 Å². The van der Waals surface area contributed by atoms with Gasteiger partial charge >= 0.3 is 8.67 Å². The van der Waals surface area contributed by atoms with Crippen LogP contribution in [-0.2, 0) is 0 Å². The largest absolute Gasteiger partial charge is 0.542 e. The summed E-state index contributed by atoms with van der Waals surface area (Å²) >= 11 is 9.73. The van der Waals surface area contributed by atoms with Gasteiger partial charge in [0, 0.05) is 29.6 Å². The van der Waals surface area contributed by atoms with E-state index in [-0.39, 0.29) is 29.6 Å². The predicted octanol–water partition coefficient (Wildman–Crippen LogP) is 1.78. The SMILES string of the molecule is [Br][Al]([Br])[Br].[Na]. The van der Waals surface area contributed by atoms with Crippen LogP contribution in [0.25, 0.3) is 0 Å². The molecule has 0 heterocycles. The molecule has 0 aliphatic rings. The van der Waals surface area contributed by atoms with E-state index in [2.05, 4.69) is 42.2 Å². The van der Waals surface area contributed by atoms with Gasteiger partial charge in [0.15, 0.2) is 0 Å². The van der Waals surface area contributed by atoms with Crippen molar-refractivity contribution >= 4 is 80.4 Å². The summed E-state index contributed by atoms with van der Waals surface area (Å²) in [6.45, 7) is 0. The van der Waals surface area contributed by atoms with Crippen LogP contribution in [-0.4, -0.2) is 38.2 Å². The minimum absolute atomic E-state index is 0. The molecule has 1 radical (unpaired) electrons. The molecule has 5 heteroatoms. The van der Waals surface area contributed by atoms with Gasteiger partial charge in [-0.25, -0.2) is 0 Å². The monoisotopic (exact) mass is 287 g/mol. The zero-order valence-corrected chi connectivity index (χ0v) is 10.6. The third kappa shape index (κ3) is 19.5. The smallest absolute Gasteiger partial charge is 0.181 e. The normalized spacial score (nSPS) is 5.40. The number of hydrogen-bond acceptors (Lipinski definition) is 0. The molecule has 0 rings (SSSR count). The van der Waals surface area contributed by atoms with Gasteiger partial charge in [-0.1, -0.05) is 0 Å². The van der Waals surface area contributed by atoms with Crippen LogP contribution in [0.4, 0.5) is 0 Å². The van der Waals surface area contributed by atoms with Crippen LogP contribution in [0.15, 0.2) is 0 Å². The number of hydrogen-bond donors (Lipinski definition) is 0. The van der Waals surface area contributed by atoms with Crippen molar-refractivity contribution in [2.75, 3.05) is 0 Å². The molecular weight excluding hydrogens is 290 g/mol. The first-order chi connectivity index (χ1) is 1.73. The molecule has 0 amide bonds. The molecule has 0 bridgehead atoms. The van der Waals surface area contributed by atoms with Crippen molar-refractivity contribution in [3.63, 3.8) is 0 Å². The third-order valence-corrected chi connectivity index (χ3v) is 0. The van der Waals surface area contributed by atoms with Crippen molar-refractivity contribution in [1.82, 2.24) is 0 Å². The van der Waals surface area contributed by atoms with Crippen LogP contribution in [0, 0.1) is 0 Å². The Bertz CT molecular complexity index is 11.6. The predicted molar refractivity (Wildman–Crippen MR) is 38.3 cm³/mol. The average Bonchev–Trinajstić information content (AvgIpc) is 0.811. The van der Waals surface area contributed by atoms with E-state index in [1.54, 1.807) is 0 Å². The van der Waals surface area contributed by atoms with Gasteiger partial charge in [-0.2, -0.15) is 42.2 Å². The Kier molecular flexibility index (Phi) is 15.2. The summed E-state index contributed by atoms with van der Waals surface area (Å²) in [5, 5.41) is 0. The summed E-state index contributed by atoms with van der Waals surface area (Å²) in [6, 6.07) is 0. The summed E-state index contributed by atoms with van der Waals surface area (Å²) in [5.74, 6) is 0. The summed E-state index contributed by atoms with van der Waals surface area (Å²) < 4.78 is 0. The minimum Gasteiger partial charge on any atom is -0.181 e. The summed E-state index contributed by atoms with van der Waals surface area (Å²) in [4.78, 5) is 0. The summed E-state index contributed by atoms with van der Waals surface area (Å²) in [5.41, 5.74) is 0. The molecule has 0 aromatic heterocycles. The first-order valence-corrected chi connectivity index (χ1v) is 10.2. The molecule has 25 valence electrons. The maximum atomic E-state index is 3.24. The minimum atomic E-state index is -0.701. The number of halogens is 3. The van der Waals surface area contributed by atoms with Crippen LogP contribution in [0.2, 0.25) is 0 Å². The molecule has 0 nitrogen and oxygen atoms in total. The van der Waals surface area contributed by atoms with Crippen molar-refractivity contribution < 1.29 is 0 Å². The molecule has 0 unspecified atom stereocenters. The maximum Gasteiger partial charge on any atom is 0.542 e. The van der Waals surface area contributed by atoms with Gasteiger partial charge in [-0.15, -0.1) is 0 Å². The summed E-state index contributed by atoms with van der Waals surface area (Å²) in [6.07, 6.45) is 0. The Morgan fingerprint density at radius 3 is 1.00 bits per heavy atom. The second-order valence-electron chi connectivity index (χ2n) is 0.247. The molecule has 0 saturated carbocycles. The van der Waals surface area contributed by atoms with Gasteiger partial charge in [0.2, 0.25) is 0 Å². The topological polar surface area (TPSA) is 0 Å². The molecule has 0 spiro atoms. The first kappa shape index (κ1) is 10.9. The van der Waals surface area contributed by atoms with Gasteiger partial charge in [0.1, 0.15) is 0 Å². The maximum absolute atomic E-state index is 3.24. The molecule has 0 aliphatic heterocycles. The van der Waals surface area contributed by atoms with E-state index in [1.165, 1.54) is 0 Å². The zero-order valence-electron chi connectivity index (χ0n) is 2.71. The quantitative estimate of drug-likeness (QED) is 0.596. The molecule has 0 aliphatic carbocycles. The van der Waals surface area contributed by atoms with Crippen LogP contribution < -0.4 is 0 Å². The van der Waals surface area contributed by atoms with Crippen LogP contribution in [0.5, 0.6) is 0 Å². The van der Waals surface area contributed by atoms with E-state index in [1.807, 2.05) is 0 Å². The Morgan fingerprint density at radius 1 is 1.00 bits per heavy atom. The van der Waals surface area contributed by atoms with E-state index in [0.717, 1.165) is 0 Å². The van der Waals surface area contributed by atoms with Crippen molar-refractivity contribution in [1.29, 1.82) is 0 Å². The van der Waals surface area contributed by atoms with E-state index >= 15 is 0 Å². The molecule has 0 aromatic rings. The zero-order chi connectivity index (χ0) is 3.58. The Morgan fingerprint density at radius 2 is 1.00 bits per heavy atom. The second-order valence-corrected chi connectivity index (χ2v) is 20.0. The van der Waals surface area contributed by atoms with E-state index in [9.17, 15) is 0 Å². The van der Waals surface area contributed by atoms with Crippen molar-refractivity contribution in [2.24, 2.45) is 0 Å². The Hall–Kier alpha value is 2.97. The molecule has 0 aromatic carbocycles. The first-order valence-electron chi connectivity index (χ1n) is 0.655.